The van der Waals surface area contributed by atoms with E-state index in [-0.39, 0.29) is 0 Å². The second kappa shape index (κ2) is 15.3. The molecule has 1 heteroatoms. The van der Waals surface area contributed by atoms with E-state index in [0.717, 1.165) is 5.69 Å². The third-order valence-corrected chi connectivity index (χ3v) is 12.8. The van der Waals surface area contributed by atoms with Crippen molar-refractivity contribution in [2.24, 2.45) is 0 Å². The Morgan fingerprint density at radius 2 is 0.556 bits per heavy atom. The van der Waals surface area contributed by atoms with Crippen LogP contribution >= 0.6 is 0 Å². The highest BCUT2D eigenvalue weighted by Crippen LogP contribution is 2.41. The highest BCUT2D eigenvalue weighted by Gasteiger charge is 2.18. The summed E-state index contributed by atoms with van der Waals surface area (Å²) >= 11 is 0. The predicted octanol–water partition coefficient (Wildman–Crippen LogP) is 17.1. The van der Waals surface area contributed by atoms with Crippen LogP contribution in [0.2, 0.25) is 0 Å². The smallest absolute Gasteiger partial charge is 0.0541 e. The normalized spacial score (nSPS) is 11.5. The number of nitrogens with zero attached hydrogens (tertiary/aromatic N) is 1. The molecule has 0 N–H and O–H groups in total. The van der Waals surface area contributed by atoms with Gasteiger partial charge in [0.05, 0.1) is 11.0 Å². The van der Waals surface area contributed by atoms with Crippen LogP contribution in [-0.2, 0) is 0 Å². The molecule has 0 radical (unpaired) electrons. The van der Waals surface area contributed by atoms with E-state index >= 15 is 0 Å². The molecular weight excluding hydrogens is 759 g/mol. The molecule has 12 aromatic rings. The second-order valence-corrected chi connectivity index (χ2v) is 16.5. The molecule has 0 atom stereocenters. The van der Waals surface area contributed by atoms with Crippen LogP contribution < -0.4 is 0 Å². The minimum Gasteiger partial charge on any atom is -0.309 e. The Labute approximate surface area is 367 Å². The summed E-state index contributed by atoms with van der Waals surface area (Å²) in [5.74, 6) is 0. The monoisotopic (exact) mass is 799 g/mol. The number of fused-ring (bicyclic) bond motifs is 5. The Kier molecular flexibility index (Phi) is 8.90. The summed E-state index contributed by atoms with van der Waals surface area (Å²) in [4.78, 5) is 0. The molecule has 63 heavy (non-hydrogen) atoms. The molecule has 0 amide bonds. The van der Waals surface area contributed by atoms with Crippen LogP contribution in [-0.4, -0.2) is 4.57 Å². The van der Waals surface area contributed by atoms with Crippen molar-refractivity contribution in [3.05, 3.63) is 249 Å². The summed E-state index contributed by atoms with van der Waals surface area (Å²) in [7, 11) is 0. The van der Waals surface area contributed by atoms with Gasteiger partial charge in [0, 0.05) is 16.5 Å². The molecule has 1 aromatic heterocycles. The molecule has 12 rings (SSSR count). The van der Waals surface area contributed by atoms with E-state index in [1.807, 2.05) is 0 Å². The molecule has 1 nitrogen and oxygen atoms in total. The number of aromatic nitrogens is 1. The molecule has 11 aromatic carbocycles. The summed E-state index contributed by atoms with van der Waals surface area (Å²) in [6.45, 7) is 0. The first kappa shape index (κ1) is 36.6. The predicted molar refractivity (Wildman–Crippen MR) is 268 cm³/mol. The largest absolute Gasteiger partial charge is 0.309 e. The van der Waals surface area contributed by atoms with E-state index in [0.29, 0.717) is 0 Å². The van der Waals surface area contributed by atoms with Gasteiger partial charge in [-0.1, -0.05) is 206 Å². The Hall–Kier alpha value is -8.26. The quantitative estimate of drug-likeness (QED) is 0.151. The van der Waals surface area contributed by atoms with Gasteiger partial charge >= 0.3 is 0 Å². The van der Waals surface area contributed by atoms with Crippen molar-refractivity contribution in [2.45, 2.75) is 0 Å². The van der Waals surface area contributed by atoms with Gasteiger partial charge in [-0.15, -0.1) is 0 Å². The van der Waals surface area contributed by atoms with E-state index in [1.54, 1.807) is 0 Å². The zero-order valence-electron chi connectivity index (χ0n) is 34.6. The summed E-state index contributed by atoms with van der Waals surface area (Å²) in [6.07, 6.45) is 0. The Bertz CT molecular complexity index is 3390. The molecule has 0 fully saturated rings. The molecular formula is C62H41N. The number of hydrogen-bond donors (Lipinski definition) is 0. The number of benzene rings is 11. The maximum absolute atomic E-state index is 2.48. The van der Waals surface area contributed by atoms with Gasteiger partial charge in [0.2, 0.25) is 0 Å². The first-order valence-corrected chi connectivity index (χ1v) is 21.7. The van der Waals surface area contributed by atoms with Gasteiger partial charge in [0.25, 0.3) is 0 Å². The van der Waals surface area contributed by atoms with Gasteiger partial charge in [-0.05, 0) is 131 Å². The summed E-state index contributed by atoms with van der Waals surface area (Å²) in [5, 5.41) is 7.46. The van der Waals surface area contributed by atoms with Gasteiger partial charge in [0.1, 0.15) is 0 Å². The third kappa shape index (κ3) is 6.59. The standard InChI is InChI=1S/C62H41N/c1-3-13-42(14-4-1)44-25-29-46(30-26-44)52-37-53(47-31-27-45(28-32-47)43-15-5-2-6-16-43)39-54(38-52)63-61-35-33-50(57-23-11-19-48-17-7-9-21-55(48)57)40-59(61)60-41-51(34-36-62(60)63)58-24-12-20-49-18-8-10-22-56(49)58/h1-41H. The first-order valence-electron chi connectivity index (χ1n) is 21.7. The molecule has 0 aliphatic carbocycles. The summed E-state index contributed by atoms with van der Waals surface area (Å²) < 4.78 is 2.48. The van der Waals surface area contributed by atoms with Crippen molar-refractivity contribution in [1.82, 2.24) is 4.57 Å². The van der Waals surface area contributed by atoms with E-state index in [4.69, 9.17) is 0 Å². The molecule has 0 spiro atoms. The van der Waals surface area contributed by atoms with Crippen molar-refractivity contribution in [3.63, 3.8) is 0 Å². The molecule has 294 valence electrons. The molecule has 0 saturated heterocycles. The van der Waals surface area contributed by atoms with Crippen molar-refractivity contribution in [3.8, 4) is 72.4 Å². The number of hydrogen-bond acceptors (Lipinski definition) is 0. The lowest BCUT2D eigenvalue weighted by atomic mass is 9.95. The minimum absolute atomic E-state index is 1.12. The molecule has 0 saturated carbocycles. The van der Waals surface area contributed by atoms with E-state index in [9.17, 15) is 0 Å². The van der Waals surface area contributed by atoms with Gasteiger partial charge in [-0.25, -0.2) is 0 Å². The van der Waals surface area contributed by atoms with Crippen LogP contribution in [0.1, 0.15) is 0 Å². The van der Waals surface area contributed by atoms with Crippen LogP contribution in [0, 0.1) is 0 Å². The highest BCUT2D eigenvalue weighted by molar-refractivity contribution is 6.13. The SMILES string of the molecule is c1ccc(-c2ccc(-c3cc(-c4ccc(-c5ccccc5)cc4)cc(-n4c5ccc(-c6cccc7ccccc67)cc5c5cc(-c6cccc7ccccc67)ccc54)c3)cc2)cc1. The second-order valence-electron chi connectivity index (χ2n) is 16.5. The number of rotatable bonds is 7. The summed E-state index contributed by atoms with van der Waals surface area (Å²) in [5.41, 5.74) is 17.9. The third-order valence-electron chi connectivity index (χ3n) is 12.8. The zero-order chi connectivity index (χ0) is 41.7. The zero-order valence-corrected chi connectivity index (χ0v) is 34.6. The van der Waals surface area contributed by atoms with Gasteiger partial charge in [-0.3, -0.25) is 0 Å². The fourth-order valence-electron chi connectivity index (χ4n) is 9.64. The highest BCUT2D eigenvalue weighted by atomic mass is 15.0. The Morgan fingerprint density at radius 1 is 0.206 bits per heavy atom. The van der Waals surface area contributed by atoms with Crippen LogP contribution in [0.25, 0.3) is 116 Å². The average Bonchev–Trinajstić information content (AvgIpc) is 3.69. The maximum atomic E-state index is 2.48. The molecule has 0 aliphatic heterocycles. The maximum Gasteiger partial charge on any atom is 0.0541 e. The fourth-order valence-corrected chi connectivity index (χ4v) is 9.64. The van der Waals surface area contributed by atoms with Gasteiger partial charge in [-0.2, -0.15) is 0 Å². The van der Waals surface area contributed by atoms with E-state index in [2.05, 4.69) is 253 Å². The van der Waals surface area contributed by atoms with Crippen molar-refractivity contribution >= 4 is 43.4 Å². The minimum atomic E-state index is 1.12. The lowest BCUT2D eigenvalue weighted by Gasteiger charge is -2.15. The van der Waals surface area contributed by atoms with Crippen LogP contribution in [0.5, 0.6) is 0 Å². The Morgan fingerprint density at radius 3 is 1.00 bits per heavy atom. The van der Waals surface area contributed by atoms with Gasteiger partial charge in [0.15, 0.2) is 0 Å². The van der Waals surface area contributed by atoms with Crippen LogP contribution in [0.15, 0.2) is 249 Å². The van der Waals surface area contributed by atoms with E-state index in [1.165, 1.54) is 110 Å². The van der Waals surface area contributed by atoms with Crippen molar-refractivity contribution in [1.29, 1.82) is 0 Å². The molecule has 0 aliphatic rings. The topological polar surface area (TPSA) is 4.93 Å². The van der Waals surface area contributed by atoms with Crippen molar-refractivity contribution < 1.29 is 0 Å². The molecule has 1 heterocycles. The summed E-state index contributed by atoms with van der Waals surface area (Å²) in [6, 6.07) is 91.2. The Balaban J connectivity index is 1.09. The molecule has 0 bridgehead atoms. The lowest BCUT2D eigenvalue weighted by molar-refractivity contribution is 1.18. The first-order chi connectivity index (χ1) is 31.2. The molecule has 0 unspecified atom stereocenters. The van der Waals surface area contributed by atoms with Crippen LogP contribution in [0.3, 0.4) is 0 Å². The van der Waals surface area contributed by atoms with E-state index < -0.39 is 0 Å². The van der Waals surface area contributed by atoms with Crippen LogP contribution in [0.4, 0.5) is 0 Å². The average molecular weight is 800 g/mol. The fraction of sp³-hybridized carbons (Fsp3) is 0. The van der Waals surface area contributed by atoms with Gasteiger partial charge < -0.3 is 4.57 Å². The van der Waals surface area contributed by atoms with Crippen molar-refractivity contribution in [2.75, 3.05) is 0 Å². The lowest BCUT2D eigenvalue weighted by Crippen LogP contribution is -1.96.